The number of nitrogens with zero attached hydrogens (tertiary/aromatic N) is 2. The Morgan fingerprint density at radius 1 is 1.00 bits per heavy atom. The Morgan fingerprint density at radius 2 is 1.71 bits per heavy atom. The number of hydrogen-bond donors (Lipinski definition) is 2. The highest BCUT2D eigenvalue weighted by molar-refractivity contribution is 7.99. The third kappa shape index (κ3) is 5.00. The molecule has 1 amide bonds. The van der Waals surface area contributed by atoms with Crippen molar-refractivity contribution in [3.8, 4) is 0 Å². The number of hydrogen-bond acceptors (Lipinski definition) is 5. The molecule has 2 fully saturated rings. The summed E-state index contributed by atoms with van der Waals surface area (Å²) in [7, 11) is 0. The fraction of sp³-hybridized carbons (Fsp3) is 0.381. The van der Waals surface area contributed by atoms with E-state index in [9.17, 15) is 4.79 Å². The first kappa shape index (κ1) is 19.6. The molecule has 2 aromatic rings. The molecule has 2 saturated heterocycles. The lowest BCUT2D eigenvalue weighted by atomic mass is 10.1. The van der Waals surface area contributed by atoms with Crippen molar-refractivity contribution in [1.29, 1.82) is 0 Å². The lowest BCUT2D eigenvalue weighted by Crippen LogP contribution is -2.67. The van der Waals surface area contributed by atoms with Gasteiger partial charge in [-0.15, -0.1) is 11.8 Å². The molecular formula is C21H25ClN4OS. The van der Waals surface area contributed by atoms with Gasteiger partial charge in [0.2, 0.25) is 5.91 Å². The molecule has 4 rings (SSSR count). The SMILES string of the molecule is O=C1CC(CSc2ccc(Cl)cc2)NC(N2CCN(c3ccccc3)CC2)N1. The third-order valence-corrected chi connectivity index (χ3v) is 6.62. The molecule has 2 unspecified atom stereocenters. The minimum Gasteiger partial charge on any atom is -0.369 e. The number of para-hydroxylation sites is 1. The van der Waals surface area contributed by atoms with Crippen LogP contribution in [0.4, 0.5) is 5.69 Å². The molecule has 148 valence electrons. The van der Waals surface area contributed by atoms with Crippen molar-refractivity contribution in [2.75, 3.05) is 36.8 Å². The van der Waals surface area contributed by atoms with Gasteiger partial charge in [0, 0.05) is 60.0 Å². The van der Waals surface area contributed by atoms with E-state index in [2.05, 4.69) is 44.7 Å². The number of carbonyl (C=O) groups excluding carboxylic acids is 1. The van der Waals surface area contributed by atoms with E-state index in [1.54, 1.807) is 11.8 Å². The fourth-order valence-electron chi connectivity index (χ4n) is 3.67. The second kappa shape index (κ2) is 9.18. The van der Waals surface area contributed by atoms with Crippen molar-refractivity contribution < 1.29 is 4.79 Å². The highest BCUT2D eigenvalue weighted by Crippen LogP contribution is 2.23. The molecule has 0 aliphatic carbocycles. The summed E-state index contributed by atoms with van der Waals surface area (Å²) < 4.78 is 0. The molecule has 0 spiro atoms. The highest BCUT2D eigenvalue weighted by atomic mass is 35.5. The van der Waals surface area contributed by atoms with E-state index >= 15 is 0 Å². The number of rotatable bonds is 5. The minimum absolute atomic E-state index is 0.0880. The second-order valence-electron chi connectivity index (χ2n) is 7.16. The van der Waals surface area contributed by atoms with Gasteiger partial charge >= 0.3 is 0 Å². The van der Waals surface area contributed by atoms with E-state index in [4.69, 9.17) is 11.6 Å². The molecule has 0 aromatic heterocycles. The lowest BCUT2D eigenvalue weighted by Gasteiger charge is -2.43. The quantitative estimate of drug-likeness (QED) is 0.734. The standard InChI is InChI=1S/C21H25ClN4OS/c22-16-6-8-19(9-7-16)28-15-17-14-20(27)24-21(23-17)26-12-10-25(11-13-26)18-4-2-1-3-5-18/h1-9,17,21,23H,10-15H2,(H,24,27). The number of anilines is 1. The number of amides is 1. The van der Waals surface area contributed by atoms with Gasteiger partial charge < -0.3 is 10.2 Å². The third-order valence-electron chi connectivity index (χ3n) is 5.19. The molecule has 2 aliphatic heterocycles. The Labute approximate surface area is 175 Å². The Kier molecular flexibility index (Phi) is 6.42. The molecule has 5 nitrogen and oxygen atoms in total. The fourth-order valence-corrected chi connectivity index (χ4v) is 4.73. The monoisotopic (exact) mass is 416 g/mol. The van der Waals surface area contributed by atoms with E-state index in [1.165, 1.54) is 10.6 Å². The van der Waals surface area contributed by atoms with Crippen molar-refractivity contribution in [2.24, 2.45) is 0 Å². The van der Waals surface area contributed by atoms with Gasteiger partial charge in [-0.05, 0) is 36.4 Å². The van der Waals surface area contributed by atoms with Crippen LogP contribution in [0.2, 0.25) is 5.02 Å². The molecule has 2 atom stereocenters. The van der Waals surface area contributed by atoms with Crippen LogP contribution in [0, 0.1) is 0 Å². The van der Waals surface area contributed by atoms with Gasteiger partial charge in [0.05, 0.1) is 0 Å². The Morgan fingerprint density at radius 3 is 2.43 bits per heavy atom. The van der Waals surface area contributed by atoms with Crippen LogP contribution in [-0.2, 0) is 4.79 Å². The van der Waals surface area contributed by atoms with E-state index in [1.807, 2.05) is 30.3 Å². The normalized spacial score (nSPS) is 23.5. The topological polar surface area (TPSA) is 47.6 Å². The second-order valence-corrected chi connectivity index (χ2v) is 8.69. The summed E-state index contributed by atoms with van der Waals surface area (Å²) in [5, 5.41) is 7.47. The van der Waals surface area contributed by atoms with E-state index in [-0.39, 0.29) is 18.2 Å². The van der Waals surface area contributed by atoms with Crippen LogP contribution >= 0.6 is 23.4 Å². The zero-order chi connectivity index (χ0) is 19.3. The average Bonchev–Trinajstić information content (AvgIpc) is 2.74. The van der Waals surface area contributed by atoms with E-state index < -0.39 is 0 Å². The predicted octanol–water partition coefficient (Wildman–Crippen LogP) is 3.02. The van der Waals surface area contributed by atoms with Crippen LogP contribution in [0.3, 0.4) is 0 Å². The Balaban J connectivity index is 1.30. The van der Waals surface area contributed by atoms with Crippen molar-refractivity contribution >= 4 is 35.0 Å². The van der Waals surface area contributed by atoms with Crippen LogP contribution < -0.4 is 15.5 Å². The van der Waals surface area contributed by atoms with Crippen molar-refractivity contribution in [2.45, 2.75) is 23.6 Å². The molecule has 2 N–H and O–H groups in total. The van der Waals surface area contributed by atoms with Crippen LogP contribution in [0.15, 0.2) is 59.5 Å². The van der Waals surface area contributed by atoms with Gasteiger partial charge in [-0.25, -0.2) is 0 Å². The van der Waals surface area contributed by atoms with Crippen LogP contribution in [0.1, 0.15) is 6.42 Å². The van der Waals surface area contributed by atoms with E-state index in [0.717, 1.165) is 37.0 Å². The van der Waals surface area contributed by atoms with E-state index in [0.29, 0.717) is 6.42 Å². The molecule has 2 heterocycles. The van der Waals surface area contributed by atoms with Crippen molar-refractivity contribution in [1.82, 2.24) is 15.5 Å². The number of thioether (sulfide) groups is 1. The summed E-state index contributed by atoms with van der Waals surface area (Å²) in [6.07, 6.45) is 0.427. The zero-order valence-corrected chi connectivity index (χ0v) is 17.3. The maximum absolute atomic E-state index is 12.3. The molecular weight excluding hydrogens is 392 g/mol. The number of piperazine rings is 1. The van der Waals surface area contributed by atoms with Gasteiger partial charge in [-0.2, -0.15) is 0 Å². The molecule has 0 radical (unpaired) electrons. The maximum atomic E-state index is 12.3. The van der Waals surface area contributed by atoms with Crippen LogP contribution in [-0.4, -0.2) is 55.1 Å². The first-order valence-corrected chi connectivity index (χ1v) is 11.0. The molecule has 2 aromatic carbocycles. The Bertz CT molecular complexity index is 781. The highest BCUT2D eigenvalue weighted by Gasteiger charge is 2.31. The van der Waals surface area contributed by atoms with Gasteiger partial charge in [0.1, 0.15) is 6.29 Å². The maximum Gasteiger partial charge on any atom is 0.223 e. The molecule has 2 aliphatic rings. The smallest absolute Gasteiger partial charge is 0.223 e. The summed E-state index contributed by atoms with van der Waals surface area (Å²) in [6.45, 7) is 3.76. The number of carbonyl (C=O) groups is 1. The summed E-state index contributed by atoms with van der Waals surface area (Å²) in [6, 6.07) is 18.5. The molecule has 0 saturated carbocycles. The lowest BCUT2D eigenvalue weighted by molar-refractivity contribution is -0.126. The van der Waals surface area contributed by atoms with Gasteiger partial charge in [0.15, 0.2) is 0 Å². The van der Waals surface area contributed by atoms with Gasteiger partial charge in [-0.1, -0.05) is 29.8 Å². The molecule has 7 heteroatoms. The summed E-state index contributed by atoms with van der Waals surface area (Å²) >= 11 is 7.71. The molecule has 28 heavy (non-hydrogen) atoms. The first-order chi connectivity index (χ1) is 13.7. The summed E-state index contributed by atoms with van der Waals surface area (Å²) in [5.41, 5.74) is 1.26. The minimum atomic E-state index is -0.0880. The van der Waals surface area contributed by atoms with Gasteiger partial charge in [0.25, 0.3) is 0 Å². The largest absolute Gasteiger partial charge is 0.369 e. The van der Waals surface area contributed by atoms with Crippen LogP contribution in [0.25, 0.3) is 0 Å². The number of halogens is 1. The molecule has 0 bridgehead atoms. The average molecular weight is 417 g/mol. The van der Waals surface area contributed by atoms with Gasteiger partial charge in [-0.3, -0.25) is 15.0 Å². The summed E-state index contributed by atoms with van der Waals surface area (Å²) in [4.78, 5) is 18.2. The number of benzene rings is 2. The first-order valence-electron chi connectivity index (χ1n) is 9.65. The Hall–Kier alpha value is -1.73. The predicted molar refractivity (Wildman–Crippen MR) is 116 cm³/mol. The van der Waals surface area contributed by atoms with Crippen molar-refractivity contribution in [3.05, 3.63) is 59.6 Å². The number of nitrogens with one attached hydrogen (secondary N) is 2. The zero-order valence-electron chi connectivity index (χ0n) is 15.7. The summed E-state index contributed by atoms with van der Waals surface area (Å²) in [5.74, 6) is 0.978. The van der Waals surface area contributed by atoms with Crippen LogP contribution in [0.5, 0.6) is 0 Å². The van der Waals surface area contributed by atoms with Crippen molar-refractivity contribution in [3.63, 3.8) is 0 Å².